The predicted molar refractivity (Wildman–Crippen MR) is 77.3 cm³/mol. The molecule has 1 rings (SSSR count). The Morgan fingerprint density at radius 2 is 2.00 bits per heavy atom. The van der Waals surface area contributed by atoms with E-state index < -0.39 is 17.3 Å². The number of nitrogens with zero attached hydrogens (tertiary/aromatic N) is 2. The van der Waals surface area contributed by atoms with Gasteiger partial charge in [-0.1, -0.05) is 28.1 Å². The molecule has 0 saturated carbocycles. The van der Waals surface area contributed by atoms with Crippen molar-refractivity contribution < 1.29 is 9.53 Å². The zero-order valence-corrected chi connectivity index (χ0v) is 13.0. The Morgan fingerprint density at radius 3 is 2.45 bits per heavy atom. The average Bonchev–Trinajstić information content (AvgIpc) is 2.42. The molecule has 5 heteroatoms. The van der Waals surface area contributed by atoms with E-state index in [1.54, 1.807) is 13.8 Å². The molecule has 0 heterocycles. The van der Waals surface area contributed by atoms with Gasteiger partial charge in [-0.15, -0.1) is 0 Å². The fraction of sp³-hybridized carbons (Fsp3) is 0.400. The molecule has 0 bridgehead atoms. The first-order valence-electron chi connectivity index (χ1n) is 6.18. The molecule has 2 unspecified atom stereocenters. The molecule has 0 N–H and O–H groups in total. The molecule has 0 spiro atoms. The molecule has 0 aliphatic rings. The lowest BCUT2D eigenvalue weighted by atomic mass is 9.74. The molecule has 20 heavy (non-hydrogen) atoms. The van der Waals surface area contributed by atoms with Crippen LogP contribution in [0, 0.1) is 34.0 Å². The van der Waals surface area contributed by atoms with Crippen LogP contribution in [0.1, 0.15) is 19.4 Å². The van der Waals surface area contributed by atoms with E-state index in [-0.39, 0.29) is 6.61 Å². The van der Waals surface area contributed by atoms with Gasteiger partial charge >= 0.3 is 5.97 Å². The summed E-state index contributed by atoms with van der Waals surface area (Å²) >= 11 is 3.34. The van der Waals surface area contributed by atoms with E-state index in [0.717, 1.165) is 10.0 Å². The van der Waals surface area contributed by atoms with E-state index in [1.165, 1.54) is 0 Å². The zero-order chi connectivity index (χ0) is 15.2. The molecule has 1 aromatic rings. The van der Waals surface area contributed by atoms with Crippen LogP contribution >= 0.6 is 15.9 Å². The minimum Gasteiger partial charge on any atom is -0.465 e. The number of halogens is 1. The summed E-state index contributed by atoms with van der Waals surface area (Å²) in [5.41, 5.74) is -0.226. The summed E-state index contributed by atoms with van der Waals surface area (Å²) in [6.07, 6.45) is 0.313. The summed E-state index contributed by atoms with van der Waals surface area (Å²) in [5.74, 6) is -1.74. The van der Waals surface area contributed by atoms with Crippen molar-refractivity contribution in [1.82, 2.24) is 0 Å². The summed E-state index contributed by atoms with van der Waals surface area (Å²) in [6, 6.07) is 11.4. The fourth-order valence-electron chi connectivity index (χ4n) is 1.91. The Hall–Kier alpha value is -1.85. The number of hydrogen-bond acceptors (Lipinski definition) is 4. The van der Waals surface area contributed by atoms with Crippen LogP contribution in [0.25, 0.3) is 0 Å². The molecule has 2 atom stereocenters. The van der Waals surface area contributed by atoms with E-state index >= 15 is 0 Å². The lowest BCUT2D eigenvalue weighted by Crippen LogP contribution is -2.34. The SMILES string of the molecule is CCOC(=O)C(C#N)C(C)(C#N)Cc1ccc(Br)cc1. The van der Waals surface area contributed by atoms with E-state index in [1.807, 2.05) is 30.3 Å². The van der Waals surface area contributed by atoms with E-state index in [0.29, 0.717) is 6.42 Å². The van der Waals surface area contributed by atoms with Crippen molar-refractivity contribution in [2.75, 3.05) is 6.61 Å². The number of nitriles is 2. The zero-order valence-electron chi connectivity index (χ0n) is 11.4. The van der Waals surface area contributed by atoms with Gasteiger partial charge in [0.15, 0.2) is 5.92 Å². The first kappa shape index (κ1) is 16.2. The highest BCUT2D eigenvalue weighted by molar-refractivity contribution is 9.10. The molecule has 0 aromatic heterocycles. The van der Waals surface area contributed by atoms with Crippen LogP contribution in [-0.2, 0) is 16.0 Å². The highest BCUT2D eigenvalue weighted by Gasteiger charge is 2.41. The number of carbonyl (C=O) groups is 1. The molecule has 0 fully saturated rings. The van der Waals surface area contributed by atoms with Gasteiger partial charge in [0.05, 0.1) is 24.2 Å². The van der Waals surface area contributed by atoms with Crippen LogP contribution in [0.5, 0.6) is 0 Å². The normalized spacial score (nSPS) is 14.4. The Kier molecular flexibility index (Phi) is 5.73. The molecule has 1 aromatic carbocycles. The van der Waals surface area contributed by atoms with Crippen molar-refractivity contribution in [3.63, 3.8) is 0 Å². The Bertz CT molecular complexity index is 557. The highest BCUT2D eigenvalue weighted by atomic mass is 79.9. The number of hydrogen-bond donors (Lipinski definition) is 0. The number of esters is 1. The lowest BCUT2D eigenvalue weighted by Gasteiger charge is -2.25. The van der Waals surface area contributed by atoms with Crippen molar-refractivity contribution >= 4 is 21.9 Å². The first-order valence-corrected chi connectivity index (χ1v) is 6.98. The maximum Gasteiger partial charge on any atom is 0.324 e. The molecular weight excluding hydrogens is 320 g/mol. The second-order valence-corrected chi connectivity index (χ2v) is 5.56. The van der Waals surface area contributed by atoms with E-state index in [2.05, 4.69) is 22.0 Å². The summed E-state index contributed by atoms with van der Waals surface area (Å²) in [5, 5.41) is 18.6. The topological polar surface area (TPSA) is 73.9 Å². The lowest BCUT2D eigenvalue weighted by molar-refractivity contribution is -0.148. The molecule has 0 aliphatic heterocycles. The van der Waals surface area contributed by atoms with Gasteiger partial charge in [-0.25, -0.2) is 0 Å². The van der Waals surface area contributed by atoms with Gasteiger partial charge in [-0.2, -0.15) is 10.5 Å². The number of ether oxygens (including phenoxy) is 1. The standard InChI is InChI=1S/C15H15BrN2O2/c1-3-20-14(19)13(9-17)15(2,10-18)8-11-4-6-12(16)7-5-11/h4-7,13H,3,8H2,1-2H3. The average molecular weight is 335 g/mol. The number of rotatable bonds is 5. The van der Waals surface area contributed by atoms with Crippen molar-refractivity contribution in [1.29, 1.82) is 10.5 Å². The minimum absolute atomic E-state index is 0.191. The molecule has 104 valence electrons. The smallest absolute Gasteiger partial charge is 0.324 e. The van der Waals surface area contributed by atoms with Crippen molar-refractivity contribution in [3.05, 3.63) is 34.3 Å². The summed E-state index contributed by atoms with van der Waals surface area (Å²) in [7, 11) is 0. The fourth-order valence-corrected chi connectivity index (χ4v) is 2.18. The van der Waals surface area contributed by atoms with Crippen LogP contribution in [0.15, 0.2) is 28.7 Å². The third-order valence-electron chi connectivity index (χ3n) is 3.03. The Morgan fingerprint density at radius 1 is 1.40 bits per heavy atom. The quantitative estimate of drug-likeness (QED) is 0.775. The predicted octanol–water partition coefficient (Wildman–Crippen LogP) is 3.22. The van der Waals surface area contributed by atoms with Gasteiger partial charge in [0.25, 0.3) is 0 Å². The van der Waals surface area contributed by atoms with Gasteiger partial charge < -0.3 is 4.74 Å². The molecule has 0 aliphatic carbocycles. The highest BCUT2D eigenvalue weighted by Crippen LogP contribution is 2.32. The van der Waals surface area contributed by atoms with Gasteiger partial charge in [-0.3, -0.25) is 4.79 Å². The second kappa shape index (κ2) is 7.07. The van der Waals surface area contributed by atoms with Crippen molar-refractivity contribution in [2.24, 2.45) is 11.3 Å². The van der Waals surface area contributed by atoms with Gasteiger partial charge in [-0.05, 0) is 38.0 Å². The van der Waals surface area contributed by atoms with Gasteiger partial charge in [0, 0.05) is 4.47 Å². The van der Waals surface area contributed by atoms with Crippen LogP contribution in [0.2, 0.25) is 0 Å². The summed E-state index contributed by atoms with van der Waals surface area (Å²) < 4.78 is 5.81. The van der Waals surface area contributed by atoms with Crippen LogP contribution < -0.4 is 0 Å². The number of benzene rings is 1. The third kappa shape index (κ3) is 3.82. The maximum absolute atomic E-state index is 11.8. The Labute approximate surface area is 127 Å². The van der Waals surface area contributed by atoms with Crippen LogP contribution in [0.3, 0.4) is 0 Å². The van der Waals surface area contributed by atoms with Gasteiger partial charge in [0.2, 0.25) is 0 Å². The van der Waals surface area contributed by atoms with Crippen molar-refractivity contribution in [3.8, 4) is 12.1 Å². The van der Waals surface area contributed by atoms with E-state index in [4.69, 9.17) is 4.74 Å². The Balaban J connectivity index is 3.01. The monoisotopic (exact) mass is 334 g/mol. The van der Waals surface area contributed by atoms with Crippen molar-refractivity contribution in [2.45, 2.75) is 20.3 Å². The van der Waals surface area contributed by atoms with Gasteiger partial charge in [0.1, 0.15) is 0 Å². The molecule has 0 saturated heterocycles. The molecule has 4 nitrogen and oxygen atoms in total. The van der Waals surface area contributed by atoms with E-state index in [9.17, 15) is 15.3 Å². The third-order valence-corrected chi connectivity index (χ3v) is 3.56. The largest absolute Gasteiger partial charge is 0.465 e. The van der Waals surface area contributed by atoms with Crippen LogP contribution in [-0.4, -0.2) is 12.6 Å². The molecule has 0 radical (unpaired) electrons. The maximum atomic E-state index is 11.8. The second-order valence-electron chi connectivity index (χ2n) is 4.65. The number of carbonyl (C=O) groups excluding carboxylic acids is 1. The summed E-state index contributed by atoms with van der Waals surface area (Å²) in [4.78, 5) is 11.8. The molecule has 0 amide bonds. The molecular formula is C15H15BrN2O2. The first-order chi connectivity index (χ1) is 9.46. The minimum atomic E-state index is -1.12. The van der Waals surface area contributed by atoms with Crippen LogP contribution in [0.4, 0.5) is 0 Å². The summed E-state index contributed by atoms with van der Waals surface area (Å²) in [6.45, 7) is 3.47.